The lowest BCUT2D eigenvalue weighted by atomic mass is 9.96. The lowest BCUT2D eigenvalue weighted by Crippen LogP contribution is -2.29. The lowest BCUT2D eigenvalue weighted by Gasteiger charge is -2.21. The van der Waals surface area contributed by atoms with Gasteiger partial charge < -0.3 is 5.32 Å². The van der Waals surface area contributed by atoms with Crippen molar-refractivity contribution in [1.29, 1.82) is 0 Å². The Morgan fingerprint density at radius 2 is 2.26 bits per heavy atom. The van der Waals surface area contributed by atoms with Gasteiger partial charge in [0.25, 0.3) is 0 Å². The summed E-state index contributed by atoms with van der Waals surface area (Å²) >= 11 is 0. The molecule has 0 radical (unpaired) electrons. The van der Waals surface area contributed by atoms with Gasteiger partial charge >= 0.3 is 0 Å². The highest BCUT2D eigenvalue weighted by atomic mass is 32.2. The van der Waals surface area contributed by atoms with Gasteiger partial charge in [-0.3, -0.25) is 4.98 Å². The van der Waals surface area contributed by atoms with E-state index in [1.807, 2.05) is 20.0 Å². The molecule has 1 aliphatic heterocycles. The van der Waals surface area contributed by atoms with Crippen molar-refractivity contribution >= 4 is 10.0 Å². The number of hydrogen-bond acceptors (Lipinski definition) is 4. The molecule has 106 valence electrons. The van der Waals surface area contributed by atoms with Gasteiger partial charge in [0.15, 0.2) is 0 Å². The summed E-state index contributed by atoms with van der Waals surface area (Å²) in [5.74, 6) is 0.177. The Balaban J connectivity index is 2.20. The monoisotopic (exact) mass is 283 g/mol. The van der Waals surface area contributed by atoms with Crippen LogP contribution in [-0.2, 0) is 29.5 Å². The molecule has 0 amide bonds. The SMILES string of the molecule is CCCS(=O)(=O)NCc1c(C)ncc2c1CCNC2. The fourth-order valence-corrected chi connectivity index (χ4v) is 3.45. The van der Waals surface area contributed by atoms with E-state index in [0.717, 1.165) is 30.8 Å². The number of pyridine rings is 1. The predicted molar refractivity (Wildman–Crippen MR) is 75.3 cm³/mol. The standard InChI is InChI=1S/C13H21N3O2S/c1-3-6-19(17,18)16-9-13-10(2)15-8-11-7-14-5-4-12(11)13/h8,14,16H,3-7,9H2,1-2H3. The topological polar surface area (TPSA) is 71.1 Å². The Labute approximate surface area is 114 Å². The van der Waals surface area contributed by atoms with Crippen LogP contribution in [0.3, 0.4) is 0 Å². The molecule has 1 aliphatic rings. The maximum Gasteiger partial charge on any atom is 0.211 e. The minimum Gasteiger partial charge on any atom is -0.312 e. The molecule has 0 unspecified atom stereocenters. The number of nitrogens with one attached hydrogen (secondary N) is 2. The van der Waals surface area contributed by atoms with Crippen LogP contribution < -0.4 is 10.0 Å². The Hall–Kier alpha value is -0.980. The number of nitrogens with zero attached hydrogens (tertiary/aromatic N) is 1. The molecule has 0 spiro atoms. The predicted octanol–water partition coefficient (Wildman–Crippen LogP) is 0.865. The first-order valence-corrected chi connectivity index (χ1v) is 8.33. The van der Waals surface area contributed by atoms with Crippen molar-refractivity contribution in [2.75, 3.05) is 12.3 Å². The fourth-order valence-electron chi connectivity index (χ4n) is 2.40. The molecule has 0 aromatic carbocycles. The van der Waals surface area contributed by atoms with Crippen LogP contribution in [0.5, 0.6) is 0 Å². The van der Waals surface area contributed by atoms with E-state index in [1.54, 1.807) is 0 Å². The zero-order valence-corrected chi connectivity index (χ0v) is 12.3. The highest BCUT2D eigenvalue weighted by Crippen LogP contribution is 2.20. The molecule has 5 nitrogen and oxygen atoms in total. The van der Waals surface area contributed by atoms with Crippen LogP contribution >= 0.6 is 0 Å². The molecule has 0 saturated carbocycles. The van der Waals surface area contributed by atoms with Crippen molar-refractivity contribution in [1.82, 2.24) is 15.0 Å². The van der Waals surface area contributed by atoms with Gasteiger partial charge in [0.1, 0.15) is 0 Å². The van der Waals surface area contributed by atoms with Crippen LogP contribution in [0.2, 0.25) is 0 Å². The van der Waals surface area contributed by atoms with Crippen molar-refractivity contribution in [2.24, 2.45) is 0 Å². The van der Waals surface area contributed by atoms with E-state index in [2.05, 4.69) is 15.0 Å². The summed E-state index contributed by atoms with van der Waals surface area (Å²) in [7, 11) is -3.17. The molecule has 1 aromatic heterocycles. The maximum absolute atomic E-state index is 11.7. The van der Waals surface area contributed by atoms with E-state index < -0.39 is 10.0 Å². The third-order valence-electron chi connectivity index (χ3n) is 3.41. The summed E-state index contributed by atoms with van der Waals surface area (Å²) in [6, 6.07) is 0. The van der Waals surface area contributed by atoms with E-state index in [9.17, 15) is 8.42 Å². The summed E-state index contributed by atoms with van der Waals surface area (Å²) in [5, 5.41) is 3.30. The molecule has 2 heterocycles. The molecule has 19 heavy (non-hydrogen) atoms. The summed E-state index contributed by atoms with van der Waals surface area (Å²) in [6.07, 6.45) is 3.45. The van der Waals surface area contributed by atoms with Gasteiger partial charge in [-0.15, -0.1) is 0 Å². The second kappa shape index (κ2) is 5.98. The summed E-state index contributed by atoms with van der Waals surface area (Å²) in [6.45, 7) is 5.90. The van der Waals surface area contributed by atoms with Crippen LogP contribution in [-0.4, -0.2) is 25.7 Å². The van der Waals surface area contributed by atoms with Crippen molar-refractivity contribution in [3.8, 4) is 0 Å². The highest BCUT2D eigenvalue weighted by molar-refractivity contribution is 7.89. The van der Waals surface area contributed by atoms with E-state index in [4.69, 9.17) is 0 Å². The van der Waals surface area contributed by atoms with Gasteiger partial charge in [-0.25, -0.2) is 13.1 Å². The number of fused-ring (bicyclic) bond motifs is 1. The van der Waals surface area contributed by atoms with Gasteiger partial charge in [-0.2, -0.15) is 0 Å². The van der Waals surface area contributed by atoms with Gasteiger partial charge in [0.2, 0.25) is 10.0 Å². The van der Waals surface area contributed by atoms with Gasteiger partial charge in [-0.05, 0) is 43.0 Å². The van der Waals surface area contributed by atoms with Crippen LogP contribution in [0.25, 0.3) is 0 Å². The number of rotatable bonds is 5. The Morgan fingerprint density at radius 3 is 3.00 bits per heavy atom. The first-order valence-electron chi connectivity index (χ1n) is 6.68. The molecule has 0 atom stereocenters. The first-order chi connectivity index (χ1) is 9.03. The summed E-state index contributed by atoms with van der Waals surface area (Å²) in [5.41, 5.74) is 4.39. The molecule has 2 N–H and O–H groups in total. The minimum atomic E-state index is -3.17. The minimum absolute atomic E-state index is 0.177. The third kappa shape index (κ3) is 3.52. The molecule has 6 heteroatoms. The summed E-state index contributed by atoms with van der Waals surface area (Å²) in [4.78, 5) is 4.36. The molecule has 2 rings (SSSR count). The van der Waals surface area contributed by atoms with Crippen LogP contribution in [0.15, 0.2) is 6.20 Å². The average molecular weight is 283 g/mol. The first kappa shape index (κ1) is 14.4. The van der Waals surface area contributed by atoms with Crippen LogP contribution in [0.4, 0.5) is 0 Å². The van der Waals surface area contributed by atoms with Gasteiger partial charge in [0, 0.05) is 25.0 Å². The lowest BCUT2D eigenvalue weighted by molar-refractivity contribution is 0.578. The quantitative estimate of drug-likeness (QED) is 0.841. The fraction of sp³-hybridized carbons (Fsp3) is 0.615. The average Bonchev–Trinajstić information content (AvgIpc) is 2.37. The third-order valence-corrected chi connectivity index (χ3v) is 4.94. The smallest absolute Gasteiger partial charge is 0.211 e. The largest absolute Gasteiger partial charge is 0.312 e. The molecular weight excluding hydrogens is 262 g/mol. The highest BCUT2D eigenvalue weighted by Gasteiger charge is 2.17. The van der Waals surface area contributed by atoms with Crippen molar-refractivity contribution in [3.05, 3.63) is 28.6 Å². The molecule has 0 bridgehead atoms. The zero-order chi connectivity index (χ0) is 13.9. The molecule has 1 aromatic rings. The molecule has 0 saturated heterocycles. The van der Waals surface area contributed by atoms with Crippen LogP contribution in [0.1, 0.15) is 35.7 Å². The second-order valence-corrected chi connectivity index (χ2v) is 6.82. The molecule has 0 aliphatic carbocycles. The Bertz CT molecular complexity index is 555. The summed E-state index contributed by atoms with van der Waals surface area (Å²) < 4.78 is 26.2. The Morgan fingerprint density at radius 1 is 1.47 bits per heavy atom. The van der Waals surface area contributed by atoms with E-state index in [0.29, 0.717) is 13.0 Å². The van der Waals surface area contributed by atoms with Crippen molar-refractivity contribution in [2.45, 2.75) is 39.8 Å². The number of aryl methyl sites for hydroxylation is 1. The molecular formula is C13H21N3O2S. The Kier molecular flexibility index (Phi) is 4.54. The zero-order valence-electron chi connectivity index (χ0n) is 11.5. The number of aromatic nitrogens is 1. The second-order valence-electron chi connectivity index (χ2n) is 4.89. The van der Waals surface area contributed by atoms with E-state index >= 15 is 0 Å². The molecule has 0 fully saturated rings. The number of sulfonamides is 1. The normalized spacial score (nSPS) is 15.3. The number of hydrogen-bond donors (Lipinski definition) is 2. The maximum atomic E-state index is 11.7. The van der Waals surface area contributed by atoms with E-state index in [1.165, 1.54) is 11.1 Å². The van der Waals surface area contributed by atoms with E-state index in [-0.39, 0.29) is 5.75 Å². The van der Waals surface area contributed by atoms with Crippen LogP contribution in [0, 0.1) is 6.92 Å². The van der Waals surface area contributed by atoms with Crippen molar-refractivity contribution in [3.63, 3.8) is 0 Å². The van der Waals surface area contributed by atoms with Gasteiger partial charge in [-0.1, -0.05) is 6.92 Å². The van der Waals surface area contributed by atoms with Gasteiger partial charge in [0.05, 0.1) is 5.75 Å². The van der Waals surface area contributed by atoms with Crippen molar-refractivity contribution < 1.29 is 8.42 Å².